The molecule has 1 spiro atoms. The van der Waals surface area contributed by atoms with Gasteiger partial charge in [0.25, 0.3) is 11.5 Å². The van der Waals surface area contributed by atoms with Crippen LogP contribution in [-0.4, -0.2) is 56.7 Å². The van der Waals surface area contributed by atoms with Gasteiger partial charge in [-0.05, 0) is 19.8 Å². The van der Waals surface area contributed by atoms with Crippen molar-refractivity contribution in [1.82, 2.24) is 24.8 Å². The summed E-state index contributed by atoms with van der Waals surface area (Å²) in [6, 6.07) is 1.73. The summed E-state index contributed by atoms with van der Waals surface area (Å²) >= 11 is 0. The van der Waals surface area contributed by atoms with Crippen molar-refractivity contribution in [1.29, 1.82) is 0 Å². The fourth-order valence-corrected chi connectivity index (χ4v) is 3.40. The lowest BCUT2D eigenvalue weighted by Gasteiger charge is -2.38. The fraction of sp³-hybridized carbons (Fsp3) is 0.467. The zero-order chi connectivity index (χ0) is 16.9. The summed E-state index contributed by atoms with van der Waals surface area (Å²) in [5.74, 6) is -0.392. The second-order valence-corrected chi connectivity index (χ2v) is 6.37. The van der Waals surface area contributed by atoms with Crippen LogP contribution in [0.3, 0.4) is 0 Å². The molecule has 1 unspecified atom stereocenters. The molecule has 2 aromatic heterocycles. The van der Waals surface area contributed by atoms with E-state index in [0.29, 0.717) is 31.6 Å². The first-order valence-electron chi connectivity index (χ1n) is 7.81. The second-order valence-electron chi connectivity index (χ2n) is 6.37. The van der Waals surface area contributed by atoms with Gasteiger partial charge >= 0.3 is 6.09 Å². The Morgan fingerprint density at radius 1 is 1.42 bits per heavy atom. The smallest absolute Gasteiger partial charge is 0.407 e. The van der Waals surface area contributed by atoms with Crippen molar-refractivity contribution in [2.24, 2.45) is 0 Å². The van der Waals surface area contributed by atoms with E-state index in [1.807, 2.05) is 6.92 Å². The van der Waals surface area contributed by atoms with Crippen LogP contribution in [0.15, 0.2) is 17.1 Å². The van der Waals surface area contributed by atoms with Crippen LogP contribution in [0.1, 0.15) is 28.9 Å². The number of carbonyl (C=O) groups is 2. The largest absolute Gasteiger partial charge is 0.439 e. The van der Waals surface area contributed by atoms with Crippen LogP contribution in [0.25, 0.3) is 5.65 Å². The minimum atomic E-state index is -0.693. The predicted octanol–water partition coefficient (Wildman–Crippen LogP) is 0.0456. The van der Waals surface area contributed by atoms with Crippen LogP contribution in [0.5, 0.6) is 0 Å². The number of ether oxygens (including phenoxy) is 1. The molecule has 0 bridgehead atoms. The number of piperidine rings is 1. The summed E-state index contributed by atoms with van der Waals surface area (Å²) < 4.78 is 6.62. The molecule has 126 valence electrons. The maximum atomic E-state index is 12.8. The van der Waals surface area contributed by atoms with Gasteiger partial charge in [0.1, 0.15) is 11.2 Å². The lowest BCUT2D eigenvalue weighted by atomic mass is 9.92. The zero-order valence-corrected chi connectivity index (χ0v) is 13.2. The van der Waals surface area contributed by atoms with E-state index < -0.39 is 23.2 Å². The Balaban J connectivity index is 1.65. The topological polar surface area (TPSA) is 109 Å². The average Bonchev–Trinajstić information content (AvgIpc) is 3.10. The highest BCUT2D eigenvalue weighted by atomic mass is 16.6. The number of carbonyl (C=O) groups excluding carboxylic acids is 2. The van der Waals surface area contributed by atoms with Gasteiger partial charge in [0.05, 0.1) is 13.1 Å². The van der Waals surface area contributed by atoms with E-state index in [0.717, 1.165) is 5.69 Å². The first kappa shape index (κ1) is 14.7. The maximum Gasteiger partial charge on any atom is 0.407 e. The van der Waals surface area contributed by atoms with E-state index in [2.05, 4.69) is 15.4 Å². The molecular weight excluding hydrogens is 314 g/mol. The molecule has 2 aromatic rings. The van der Waals surface area contributed by atoms with E-state index in [1.165, 1.54) is 10.7 Å². The van der Waals surface area contributed by atoms with E-state index in [1.54, 1.807) is 11.0 Å². The lowest BCUT2D eigenvalue weighted by Crippen LogP contribution is -2.53. The molecule has 24 heavy (non-hydrogen) atoms. The molecule has 9 nitrogen and oxygen atoms in total. The number of hydrogen-bond acceptors (Lipinski definition) is 5. The van der Waals surface area contributed by atoms with Crippen molar-refractivity contribution >= 4 is 17.6 Å². The molecular formula is C15H17N5O4. The monoisotopic (exact) mass is 331 g/mol. The number of alkyl carbamates (subject to hydrolysis) is 1. The Hall–Kier alpha value is -2.84. The van der Waals surface area contributed by atoms with E-state index >= 15 is 0 Å². The fourth-order valence-electron chi connectivity index (χ4n) is 3.40. The summed E-state index contributed by atoms with van der Waals surface area (Å²) in [5.41, 5.74) is 0.132. The number of rotatable bonds is 1. The van der Waals surface area contributed by atoms with Gasteiger partial charge in [-0.2, -0.15) is 0 Å². The molecule has 2 fully saturated rings. The van der Waals surface area contributed by atoms with Crippen molar-refractivity contribution in [2.45, 2.75) is 25.4 Å². The standard InChI is InChI=1S/C15H17N5O4/c1-9-5-11-16-6-10(13(22)20(11)18-9)12(21)19-4-2-3-15(8-19)7-17-14(23)24-15/h5-6,18H,2-4,7-8H2,1H3,(H,17,23). The number of aryl methyl sites for hydroxylation is 1. The molecule has 2 aliphatic rings. The van der Waals surface area contributed by atoms with Gasteiger partial charge in [-0.3, -0.25) is 14.7 Å². The highest BCUT2D eigenvalue weighted by Gasteiger charge is 2.45. The Bertz CT molecular complexity index is 901. The molecule has 4 heterocycles. The van der Waals surface area contributed by atoms with Gasteiger partial charge in [0, 0.05) is 24.5 Å². The highest BCUT2D eigenvalue weighted by molar-refractivity contribution is 5.94. The molecule has 0 saturated carbocycles. The number of amides is 2. The summed E-state index contributed by atoms with van der Waals surface area (Å²) in [4.78, 5) is 42.4. The zero-order valence-electron chi connectivity index (χ0n) is 13.2. The average molecular weight is 331 g/mol. The van der Waals surface area contributed by atoms with Crippen LogP contribution in [0, 0.1) is 6.92 Å². The van der Waals surface area contributed by atoms with Gasteiger partial charge in [0.2, 0.25) is 0 Å². The summed E-state index contributed by atoms with van der Waals surface area (Å²) in [6.07, 6.45) is 2.25. The number of aromatic nitrogens is 3. The Labute approximate surface area is 136 Å². The molecule has 9 heteroatoms. The molecule has 2 saturated heterocycles. The van der Waals surface area contributed by atoms with E-state index in [4.69, 9.17) is 4.74 Å². The number of hydrogen-bond donors (Lipinski definition) is 2. The minimum Gasteiger partial charge on any atom is -0.439 e. The Morgan fingerprint density at radius 2 is 2.25 bits per heavy atom. The van der Waals surface area contributed by atoms with Crippen molar-refractivity contribution < 1.29 is 14.3 Å². The van der Waals surface area contributed by atoms with E-state index in [-0.39, 0.29) is 12.1 Å². The van der Waals surface area contributed by atoms with Crippen LogP contribution in [0.4, 0.5) is 4.79 Å². The van der Waals surface area contributed by atoms with Gasteiger partial charge in [-0.15, -0.1) is 0 Å². The summed E-state index contributed by atoms with van der Waals surface area (Å²) in [7, 11) is 0. The second kappa shape index (κ2) is 5.08. The highest BCUT2D eigenvalue weighted by Crippen LogP contribution is 2.28. The molecule has 2 aliphatic heterocycles. The number of H-pyrrole nitrogens is 1. The third kappa shape index (κ3) is 2.24. The van der Waals surface area contributed by atoms with Gasteiger partial charge in [-0.25, -0.2) is 14.3 Å². The normalized spacial score (nSPS) is 23.5. The van der Waals surface area contributed by atoms with Crippen LogP contribution < -0.4 is 10.9 Å². The molecule has 2 N–H and O–H groups in total. The number of likely N-dealkylation sites (tertiary alicyclic amines) is 1. The number of fused-ring (bicyclic) bond motifs is 1. The predicted molar refractivity (Wildman–Crippen MR) is 82.9 cm³/mol. The molecule has 4 rings (SSSR count). The minimum absolute atomic E-state index is 0.00341. The van der Waals surface area contributed by atoms with Crippen molar-refractivity contribution in [2.75, 3.05) is 19.6 Å². The Kier molecular flexibility index (Phi) is 3.12. The number of aromatic amines is 1. The van der Waals surface area contributed by atoms with Crippen molar-refractivity contribution in [3.8, 4) is 0 Å². The third-order valence-electron chi connectivity index (χ3n) is 4.54. The van der Waals surface area contributed by atoms with Crippen molar-refractivity contribution in [3.63, 3.8) is 0 Å². The summed E-state index contributed by atoms with van der Waals surface area (Å²) in [5, 5.41) is 5.51. The third-order valence-corrected chi connectivity index (χ3v) is 4.54. The molecule has 2 amide bonds. The van der Waals surface area contributed by atoms with Gasteiger partial charge in [0.15, 0.2) is 5.65 Å². The molecule has 0 aliphatic carbocycles. The number of nitrogens with one attached hydrogen (secondary N) is 2. The van der Waals surface area contributed by atoms with Gasteiger partial charge in [-0.1, -0.05) is 0 Å². The lowest BCUT2D eigenvalue weighted by molar-refractivity contribution is -0.00513. The number of nitrogens with zero attached hydrogens (tertiary/aromatic N) is 3. The van der Waals surface area contributed by atoms with E-state index in [9.17, 15) is 14.4 Å². The molecule has 1 atom stereocenters. The van der Waals surface area contributed by atoms with Crippen LogP contribution >= 0.6 is 0 Å². The summed E-state index contributed by atoms with van der Waals surface area (Å²) in [6.45, 7) is 2.98. The maximum absolute atomic E-state index is 12.8. The Morgan fingerprint density at radius 3 is 3.00 bits per heavy atom. The first-order chi connectivity index (χ1) is 11.5. The SMILES string of the molecule is Cc1cc2ncc(C(=O)N3CCCC4(CNC(=O)O4)C3)c(=O)n2[nH]1. The molecule has 0 aromatic carbocycles. The molecule has 0 radical (unpaired) electrons. The van der Waals surface area contributed by atoms with Gasteiger partial charge < -0.3 is 15.0 Å². The first-order valence-corrected chi connectivity index (χ1v) is 7.81. The van der Waals surface area contributed by atoms with Crippen LogP contribution in [0.2, 0.25) is 0 Å². The van der Waals surface area contributed by atoms with Crippen LogP contribution in [-0.2, 0) is 4.74 Å². The van der Waals surface area contributed by atoms with Crippen molar-refractivity contribution in [3.05, 3.63) is 33.9 Å². The quantitative estimate of drug-likeness (QED) is 0.767.